The average molecular weight is 342 g/mol. The minimum atomic E-state index is -3.68. The van der Waals surface area contributed by atoms with Gasteiger partial charge in [-0.1, -0.05) is 12.1 Å². The van der Waals surface area contributed by atoms with Crippen LogP contribution < -0.4 is 4.72 Å². The molecule has 4 rings (SSSR count). The first-order chi connectivity index (χ1) is 11.5. The molecule has 0 bridgehead atoms. The highest BCUT2D eigenvalue weighted by molar-refractivity contribution is 7.89. The molecule has 1 saturated carbocycles. The number of aryl methyl sites for hydroxylation is 1. The Balaban J connectivity index is 1.77. The lowest BCUT2D eigenvalue weighted by Gasteiger charge is -2.40. The lowest BCUT2D eigenvalue weighted by molar-refractivity contribution is 0.212. The quantitative estimate of drug-likeness (QED) is 0.763. The molecule has 7 heteroatoms. The smallest absolute Gasteiger partial charge is 0.242 e. The number of nitrogens with zero attached hydrogens (tertiary/aromatic N) is 2. The second-order valence-corrected chi connectivity index (χ2v) is 7.96. The molecule has 1 aliphatic carbocycles. The van der Waals surface area contributed by atoms with Crippen molar-refractivity contribution < 1.29 is 8.42 Å². The predicted octanol–water partition coefficient (Wildman–Crippen LogP) is 2.62. The van der Waals surface area contributed by atoms with Crippen molar-refractivity contribution >= 4 is 20.8 Å². The number of hydrogen-bond acceptors (Lipinski definition) is 4. The van der Waals surface area contributed by atoms with Crippen molar-refractivity contribution in [2.75, 3.05) is 0 Å². The van der Waals surface area contributed by atoms with Crippen molar-refractivity contribution in [2.24, 2.45) is 0 Å². The number of aromatic amines is 1. The summed E-state index contributed by atoms with van der Waals surface area (Å²) in [5.41, 5.74) is 0.286. The summed E-state index contributed by atoms with van der Waals surface area (Å²) in [6, 6.07) is 6.96. The maximum Gasteiger partial charge on any atom is 0.242 e. The van der Waals surface area contributed by atoms with Crippen LogP contribution in [0.1, 0.15) is 30.8 Å². The lowest BCUT2D eigenvalue weighted by Crippen LogP contribution is -2.51. The predicted molar refractivity (Wildman–Crippen MR) is 90.9 cm³/mol. The van der Waals surface area contributed by atoms with Gasteiger partial charge < -0.3 is 4.98 Å². The fraction of sp³-hybridized carbons (Fsp3) is 0.294. The van der Waals surface area contributed by atoms with Gasteiger partial charge in [0.05, 0.1) is 10.4 Å². The Morgan fingerprint density at radius 1 is 1.21 bits per heavy atom. The fourth-order valence-electron chi connectivity index (χ4n) is 3.21. The molecule has 0 radical (unpaired) electrons. The number of hydrogen-bond donors (Lipinski definition) is 2. The SMILES string of the molecule is Cc1cnc(C2(NS(=O)(=O)c3cccc4cnccc34)CCC2)[nH]1. The number of H-pyrrole nitrogens is 1. The van der Waals surface area contributed by atoms with E-state index in [1.54, 1.807) is 36.8 Å². The van der Waals surface area contributed by atoms with Gasteiger partial charge in [0.15, 0.2) is 0 Å². The third kappa shape index (κ3) is 2.40. The molecular weight excluding hydrogens is 324 g/mol. The van der Waals surface area contributed by atoms with Crippen molar-refractivity contribution in [1.82, 2.24) is 19.7 Å². The largest absolute Gasteiger partial charge is 0.345 e. The van der Waals surface area contributed by atoms with E-state index in [1.165, 1.54) is 0 Å². The molecule has 0 spiro atoms. The summed E-state index contributed by atoms with van der Waals surface area (Å²) in [5.74, 6) is 0.691. The van der Waals surface area contributed by atoms with E-state index in [0.29, 0.717) is 11.2 Å². The zero-order valence-electron chi connectivity index (χ0n) is 13.3. The molecule has 2 aromatic heterocycles. The van der Waals surface area contributed by atoms with E-state index >= 15 is 0 Å². The van der Waals surface area contributed by atoms with Crippen molar-refractivity contribution in [3.8, 4) is 0 Å². The highest BCUT2D eigenvalue weighted by Gasteiger charge is 2.44. The van der Waals surface area contributed by atoms with E-state index in [9.17, 15) is 8.42 Å². The number of imidazole rings is 1. The van der Waals surface area contributed by atoms with Gasteiger partial charge in [-0.15, -0.1) is 0 Å². The summed E-state index contributed by atoms with van der Waals surface area (Å²) in [7, 11) is -3.68. The lowest BCUT2D eigenvalue weighted by atomic mass is 9.77. The molecule has 1 aliphatic rings. The molecule has 0 aliphatic heterocycles. The molecule has 2 N–H and O–H groups in total. The van der Waals surface area contributed by atoms with Crippen LogP contribution in [0.4, 0.5) is 0 Å². The van der Waals surface area contributed by atoms with Gasteiger partial charge in [0.2, 0.25) is 10.0 Å². The summed E-state index contributed by atoms with van der Waals surface area (Å²) in [5, 5.41) is 1.47. The van der Waals surface area contributed by atoms with Crippen LogP contribution in [0.2, 0.25) is 0 Å². The first-order valence-electron chi connectivity index (χ1n) is 7.89. The molecule has 1 aromatic carbocycles. The minimum absolute atomic E-state index is 0.275. The topological polar surface area (TPSA) is 87.7 Å². The number of fused-ring (bicyclic) bond motifs is 1. The first-order valence-corrected chi connectivity index (χ1v) is 9.37. The maximum atomic E-state index is 13.1. The summed E-state index contributed by atoms with van der Waals surface area (Å²) < 4.78 is 29.0. The van der Waals surface area contributed by atoms with Crippen LogP contribution in [-0.2, 0) is 15.6 Å². The standard InChI is InChI=1S/C17H18N4O2S/c1-12-10-19-16(20-12)17(7-3-8-17)21-24(22,23)15-5-2-4-13-11-18-9-6-14(13)15/h2,4-6,9-11,21H,3,7-8H2,1H3,(H,19,20). The summed E-state index contributed by atoms with van der Waals surface area (Å²) in [6.07, 6.45) is 7.46. The molecule has 2 heterocycles. The Labute approximate surface area is 140 Å². The van der Waals surface area contributed by atoms with Gasteiger partial charge in [-0.3, -0.25) is 4.98 Å². The normalized spacial score (nSPS) is 16.9. The molecule has 24 heavy (non-hydrogen) atoms. The van der Waals surface area contributed by atoms with Gasteiger partial charge >= 0.3 is 0 Å². The Morgan fingerprint density at radius 3 is 2.71 bits per heavy atom. The molecule has 0 atom stereocenters. The van der Waals surface area contributed by atoms with Crippen molar-refractivity contribution in [3.63, 3.8) is 0 Å². The molecule has 6 nitrogen and oxygen atoms in total. The van der Waals surface area contributed by atoms with Gasteiger partial charge in [-0.25, -0.2) is 13.4 Å². The van der Waals surface area contributed by atoms with Gasteiger partial charge in [0.1, 0.15) is 5.82 Å². The van der Waals surface area contributed by atoms with E-state index in [-0.39, 0.29) is 4.90 Å². The van der Waals surface area contributed by atoms with E-state index in [0.717, 1.165) is 30.3 Å². The van der Waals surface area contributed by atoms with E-state index < -0.39 is 15.6 Å². The van der Waals surface area contributed by atoms with Gasteiger partial charge in [-0.05, 0) is 38.3 Å². The van der Waals surface area contributed by atoms with Crippen LogP contribution in [0.15, 0.2) is 47.8 Å². The average Bonchev–Trinajstić information content (AvgIpc) is 2.97. The number of sulfonamides is 1. The molecule has 124 valence electrons. The van der Waals surface area contributed by atoms with Crippen LogP contribution in [-0.4, -0.2) is 23.4 Å². The fourth-order valence-corrected chi connectivity index (χ4v) is 4.87. The van der Waals surface area contributed by atoms with E-state index in [4.69, 9.17) is 0 Å². The molecule has 3 aromatic rings. The molecule has 0 amide bonds. The van der Waals surface area contributed by atoms with Crippen LogP contribution in [0, 0.1) is 6.92 Å². The molecule has 1 fully saturated rings. The third-order valence-corrected chi connectivity index (χ3v) is 6.22. The van der Waals surface area contributed by atoms with Gasteiger partial charge in [-0.2, -0.15) is 4.72 Å². The molecular formula is C17H18N4O2S. The zero-order valence-corrected chi connectivity index (χ0v) is 14.1. The number of rotatable bonds is 4. The van der Waals surface area contributed by atoms with E-state index in [2.05, 4.69) is 19.7 Å². The van der Waals surface area contributed by atoms with Crippen molar-refractivity contribution in [1.29, 1.82) is 0 Å². The Kier molecular flexibility index (Phi) is 3.43. The van der Waals surface area contributed by atoms with Crippen molar-refractivity contribution in [3.05, 3.63) is 54.4 Å². The maximum absolute atomic E-state index is 13.1. The van der Waals surface area contributed by atoms with E-state index in [1.807, 2.05) is 13.0 Å². The summed E-state index contributed by atoms with van der Waals surface area (Å²) >= 11 is 0. The highest BCUT2D eigenvalue weighted by atomic mass is 32.2. The second kappa shape index (κ2) is 5.39. The van der Waals surface area contributed by atoms with Crippen LogP contribution in [0.25, 0.3) is 10.8 Å². The summed E-state index contributed by atoms with van der Waals surface area (Å²) in [4.78, 5) is 11.9. The minimum Gasteiger partial charge on any atom is -0.345 e. The van der Waals surface area contributed by atoms with Crippen LogP contribution in [0.3, 0.4) is 0 Å². The first kappa shape index (κ1) is 15.3. The number of benzene rings is 1. The molecule has 0 saturated heterocycles. The highest BCUT2D eigenvalue weighted by Crippen LogP contribution is 2.41. The van der Waals surface area contributed by atoms with Crippen LogP contribution in [0.5, 0.6) is 0 Å². The van der Waals surface area contributed by atoms with Crippen LogP contribution >= 0.6 is 0 Å². The number of pyridine rings is 1. The Hall–Kier alpha value is -2.25. The van der Waals surface area contributed by atoms with Crippen molar-refractivity contribution in [2.45, 2.75) is 36.6 Å². The second-order valence-electron chi connectivity index (χ2n) is 6.31. The zero-order chi connectivity index (χ0) is 16.8. The number of aromatic nitrogens is 3. The number of nitrogens with one attached hydrogen (secondary N) is 2. The molecule has 0 unspecified atom stereocenters. The third-order valence-electron chi connectivity index (χ3n) is 4.62. The monoisotopic (exact) mass is 342 g/mol. The van der Waals surface area contributed by atoms with Gasteiger partial charge in [0, 0.05) is 35.1 Å². The summed E-state index contributed by atoms with van der Waals surface area (Å²) in [6.45, 7) is 1.91. The Bertz CT molecular complexity index is 1000. The Morgan fingerprint density at radius 2 is 2.04 bits per heavy atom. The van der Waals surface area contributed by atoms with Gasteiger partial charge in [0.25, 0.3) is 0 Å².